The Morgan fingerprint density at radius 1 is 1.15 bits per heavy atom. The SMILES string of the molecule is CCNC(=NCc1ccnn1C)NCCCOc1ccc(OC)cc1.I. The molecule has 2 rings (SSSR count). The molecule has 7 nitrogen and oxygen atoms in total. The van der Waals surface area contributed by atoms with E-state index in [0.717, 1.165) is 42.7 Å². The minimum Gasteiger partial charge on any atom is -0.497 e. The van der Waals surface area contributed by atoms with Crippen molar-refractivity contribution in [3.8, 4) is 11.5 Å². The highest BCUT2D eigenvalue weighted by Crippen LogP contribution is 2.16. The monoisotopic (exact) mass is 473 g/mol. The van der Waals surface area contributed by atoms with Crippen LogP contribution in [0.25, 0.3) is 0 Å². The standard InChI is InChI=1S/C18H27N5O2.HI/c1-4-19-18(21-14-15-10-12-22-23(15)2)20-11-5-13-25-17-8-6-16(24-3)7-9-17;/h6-10,12H,4-5,11,13-14H2,1-3H3,(H2,19,20,21);1H. The van der Waals surface area contributed by atoms with Gasteiger partial charge in [-0.2, -0.15) is 5.10 Å². The van der Waals surface area contributed by atoms with Crippen LogP contribution < -0.4 is 20.1 Å². The molecule has 26 heavy (non-hydrogen) atoms. The number of hydrogen-bond acceptors (Lipinski definition) is 4. The quantitative estimate of drug-likeness (QED) is 0.254. The van der Waals surface area contributed by atoms with Crippen LogP contribution in [0.1, 0.15) is 19.0 Å². The lowest BCUT2D eigenvalue weighted by Gasteiger charge is -2.12. The normalized spacial score (nSPS) is 10.8. The molecular formula is C18H28IN5O2. The third-order valence-electron chi connectivity index (χ3n) is 3.61. The zero-order valence-corrected chi connectivity index (χ0v) is 17.9. The summed E-state index contributed by atoms with van der Waals surface area (Å²) in [6.07, 6.45) is 2.66. The summed E-state index contributed by atoms with van der Waals surface area (Å²) in [7, 11) is 3.57. The Morgan fingerprint density at radius 2 is 1.88 bits per heavy atom. The van der Waals surface area contributed by atoms with Crippen LogP contribution in [-0.2, 0) is 13.6 Å². The second-order valence-corrected chi connectivity index (χ2v) is 5.45. The number of ether oxygens (including phenoxy) is 2. The fraction of sp³-hybridized carbons (Fsp3) is 0.444. The largest absolute Gasteiger partial charge is 0.497 e. The molecule has 1 heterocycles. The molecule has 8 heteroatoms. The first-order valence-electron chi connectivity index (χ1n) is 8.49. The number of halogens is 1. The number of rotatable bonds is 9. The van der Waals surface area contributed by atoms with Crippen molar-refractivity contribution in [1.29, 1.82) is 0 Å². The maximum atomic E-state index is 5.71. The molecule has 0 radical (unpaired) electrons. The van der Waals surface area contributed by atoms with Crippen molar-refractivity contribution in [2.45, 2.75) is 19.9 Å². The third kappa shape index (κ3) is 7.51. The average molecular weight is 473 g/mol. The molecule has 0 aliphatic carbocycles. The fourth-order valence-corrected chi connectivity index (χ4v) is 2.20. The van der Waals surface area contributed by atoms with Gasteiger partial charge in [0, 0.05) is 26.3 Å². The highest BCUT2D eigenvalue weighted by atomic mass is 127. The number of methoxy groups -OCH3 is 1. The summed E-state index contributed by atoms with van der Waals surface area (Å²) in [6, 6.07) is 9.57. The fourth-order valence-electron chi connectivity index (χ4n) is 2.20. The van der Waals surface area contributed by atoms with Gasteiger partial charge < -0.3 is 20.1 Å². The van der Waals surface area contributed by atoms with Crippen LogP contribution in [0, 0.1) is 0 Å². The molecule has 0 aliphatic rings. The van der Waals surface area contributed by atoms with Gasteiger partial charge in [-0.05, 0) is 43.7 Å². The Labute approximate surface area is 172 Å². The van der Waals surface area contributed by atoms with Gasteiger partial charge >= 0.3 is 0 Å². The van der Waals surface area contributed by atoms with E-state index >= 15 is 0 Å². The van der Waals surface area contributed by atoms with Crippen LogP contribution in [0.2, 0.25) is 0 Å². The first-order chi connectivity index (χ1) is 12.2. The van der Waals surface area contributed by atoms with Crippen molar-refractivity contribution in [3.05, 3.63) is 42.2 Å². The number of hydrogen-bond donors (Lipinski definition) is 2. The number of aliphatic imine (C=N–C) groups is 1. The lowest BCUT2D eigenvalue weighted by Crippen LogP contribution is -2.38. The zero-order valence-electron chi connectivity index (χ0n) is 15.6. The van der Waals surface area contributed by atoms with E-state index in [1.165, 1.54) is 0 Å². The van der Waals surface area contributed by atoms with Gasteiger partial charge in [-0.3, -0.25) is 4.68 Å². The summed E-state index contributed by atoms with van der Waals surface area (Å²) >= 11 is 0. The van der Waals surface area contributed by atoms with Crippen molar-refractivity contribution >= 4 is 29.9 Å². The highest BCUT2D eigenvalue weighted by molar-refractivity contribution is 14.0. The molecule has 1 aromatic carbocycles. The van der Waals surface area contributed by atoms with Gasteiger partial charge in [-0.25, -0.2) is 4.99 Å². The molecular weight excluding hydrogens is 445 g/mol. The maximum Gasteiger partial charge on any atom is 0.191 e. The summed E-state index contributed by atoms with van der Waals surface area (Å²) in [5.74, 6) is 2.47. The lowest BCUT2D eigenvalue weighted by atomic mass is 10.3. The van der Waals surface area contributed by atoms with Crippen LogP contribution in [0.3, 0.4) is 0 Å². The van der Waals surface area contributed by atoms with E-state index in [-0.39, 0.29) is 24.0 Å². The molecule has 1 aromatic heterocycles. The highest BCUT2D eigenvalue weighted by Gasteiger charge is 2.00. The molecule has 0 spiro atoms. The number of aryl methyl sites for hydroxylation is 1. The zero-order chi connectivity index (χ0) is 17.9. The molecule has 0 fully saturated rings. The van der Waals surface area contributed by atoms with Crippen LogP contribution in [0.15, 0.2) is 41.5 Å². The van der Waals surface area contributed by atoms with E-state index in [0.29, 0.717) is 13.2 Å². The van der Waals surface area contributed by atoms with Crippen LogP contribution in [0.5, 0.6) is 11.5 Å². The third-order valence-corrected chi connectivity index (χ3v) is 3.61. The van der Waals surface area contributed by atoms with Gasteiger partial charge in [0.25, 0.3) is 0 Å². The topological polar surface area (TPSA) is 72.7 Å². The van der Waals surface area contributed by atoms with E-state index in [4.69, 9.17) is 9.47 Å². The Morgan fingerprint density at radius 3 is 2.50 bits per heavy atom. The van der Waals surface area contributed by atoms with E-state index in [1.807, 2.05) is 49.0 Å². The minimum atomic E-state index is 0. The summed E-state index contributed by atoms with van der Waals surface area (Å²) in [5.41, 5.74) is 1.07. The summed E-state index contributed by atoms with van der Waals surface area (Å²) in [6.45, 7) is 4.88. The van der Waals surface area contributed by atoms with E-state index in [1.54, 1.807) is 13.3 Å². The molecule has 0 bridgehead atoms. The van der Waals surface area contributed by atoms with Gasteiger partial charge in [0.05, 0.1) is 26.0 Å². The summed E-state index contributed by atoms with van der Waals surface area (Å²) < 4.78 is 12.7. The van der Waals surface area contributed by atoms with E-state index in [2.05, 4.69) is 20.7 Å². The van der Waals surface area contributed by atoms with E-state index < -0.39 is 0 Å². The van der Waals surface area contributed by atoms with Crippen molar-refractivity contribution in [3.63, 3.8) is 0 Å². The van der Waals surface area contributed by atoms with Gasteiger partial charge in [-0.15, -0.1) is 24.0 Å². The van der Waals surface area contributed by atoms with Crippen molar-refractivity contribution in [2.24, 2.45) is 12.0 Å². The number of benzene rings is 1. The number of nitrogens with zero attached hydrogens (tertiary/aromatic N) is 3. The molecule has 0 unspecified atom stereocenters. The average Bonchev–Trinajstić information content (AvgIpc) is 3.04. The molecule has 0 amide bonds. The van der Waals surface area contributed by atoms with Crippen LogP contribution in [0.4, 0.5) is 0 Å². The predicted octanol–water partition coefficient (Wildman–Crippen LogP) is 2.57. The summed E-state index contributed by atoms with van der Waals surface area (Å²) in [5, 5.41) is 10.7. The maximum absolute atomic E-state index is 5.71. The van der Waals surface area contributed by atoms with Gasteiger partial charge in [0.15, 0.2) is 5.96 Å². The Balaban J connectivity index is 0.00000338. The lowest BCUT2D eigenvalue weighted by molar-refractivity contribution is 0.310. The first-order valence-corrected chi connectivity index (χ1v) is 8.49. The Bertz CT molecular complexity index is 658. The molecule has 0 saturated heterocycles. The molecule has 0 atom stereocenters. The summed E-state index contributed by atoms with van der Waals surface area (Å²) in [4.78, 5) is 4.57. The molecule has 144 valence electrons. The number of aromatic nitrogens is 2. The van der Waals surface area contributed by atoms with E-state index in [9.17, 15) is 0 Å². The molecule has 2 N–H and O–H groups in total. The van der Waals surface area contributed by atoms with Crippen molar-refractivity contribution in [1.82, 2.24) is 20.4 Å². The first kappa shape index (κ1) is 22.1. The van der Waals surface area contributed by atoms with Crippen molar-refractivity contribution in [2.75, 3.05) is 26.8 Å². The van der Waals surface area contributed by atoms with Crippen LogP contribution >= 0.6 is 24.0 Å². The Hall–Kier alpha value is -1.97. The molecule has 0 saturated carbocycles. The second kappa shape index (κ2) is 12.4. The Kier molecular flexibility index (Phi) is 10.5. The predicted molar refractivity (Wildman–Crippen MR) is 115 cm³/mol. The number of nitrogens with one attached hydrogen (secondary N) is 2. The van der Waals surface area contributed by atoms with Gasteiger partial charge in [0.2, 0.25) is 0 Å². The second-order valence-electron chi connectivity index (χ2n) is 5.45. The molecule has 2 aromatic rings. The smallest absolute Gasteiger partial charge is 0.191 e. The van der Waals surface area contributed by atoms with Gasteiger partial charge in [0.1, 0.15) is 11.5 Å². The van der Waals surface area contributed by atoms with Crippen molar-refractivity contribution < 1.29 is 9.47 Å². The van der Waals surface area contributed by atoms with Crippen LogP contribution in [-0.4, -0.2) is 42.5 Å². The number of guanidine groups is 1. The van der Waals surface area contributed by atoms with Gasteiger partial charge in [-0.1, -0.05) is 0 Å². The molecule has 0 aliphatic heterocycles. The minimum absolute atomic E-state index is 0.